The number of hydrogen-bond acceptors (Lipinski definition) is 4. The van der Waals surface area contributed by atoms with Gasteiger partial charge in [0.25, 0.3) is 0 Å². The summed E-state index contributed by atoms with van der Waals surface area (Å²) in [5, 5.41) is 4.20. The van der Waals surface area contributed by atoms with Crippen LogP contribution in [0.1, 0.15) is 37.4 Å². The van der Waals surface area contributed by atoms with Gasteiger partial charge in [0, 0.05) is 5.56 Å². The number of hydrogen-bond donors (Lipinski definition) is 1. The molecule has 0 saturated carbocycles. The zero-order valence-electron chi connectivity index (χ0n) is 12.9. The summed E-state index contributed by atoms with van der Waals surface area (Å²) in [6, 6.07) is 4.38. The second-order valence-electron chi connectivity index (χ2n) is 5.07. The van der Waals surface area contributed by atoms with Crippen LogP contribution in [-0.2, 0) is 0 Å². The molecule has 0 spiro atoms. The zero-order valence-corrected chi connectivity index (χ0v) is 12.9. The van der Waals surface area contributed by atoms with Crippen LogP contribution in [0.5, 0.6) is 5.75 Å². The Morgan fingerprint density at radius 2 is 2.23 bits per heavy atom. The number of imidazole rings is 1. The van der Waals surface area contributed by atoms with Crippen molar-refractivity contribution in [1.29, 1.82) is 0 Å². The number of unbranched alkanes of at least 4 members (excludes halogenated alkanes) is 2. The van der Waals surface area contributed by atoms with Crippen molar-refractivity contribution >= 4 is 12.2 Å². The molecule has 0 aliphatic rings. The van der Waals surface area contributed by atoms with Crippen LogP contribution >= 0.6 is 0 Å². The second kappa shape index (κ2) is 7.59. The number of nitrogens with zero attached hydrogens (tertiary/aromatic N) is 3. The van der Waals surface area contributed by atoms with Gasteiger partial charge in [-0.25, -0.2) is 14.1 Å². The maximum atomic E-state index is 13.4. The molecule has 2 rings (SSSR count). The normalized spacial score (nSPS) is 11.2. The number of aryl methyl sites for hydroxylation is 1. The maximum absolute atomic E-state index is 13.4. The van der Waals surface area contributed by atoms with Gasteiger partial charge in [-0.1, -0.05) is 19.8 Å². The molecule has 0 amide bonds. The minimum absolute atomic E-state index is 0.288. The molecule has 5 nitrogen and oxygen atoms in total. The van der Waals surface area contributed by atoms with Crippen LogP contribution in [0, 0.1) is 12.7 Å². The van der Waals surface area contributed by atoms with Crippen molar-refractivity contribution < 1.29 is 9.13 Å². The zero-order chi connectivity index (χ0) is 15.9. The Balaban J connectivity index is 2.14. The Morgan fingerprint density at radius 3 is 2.91 bits per heavy atom. The molecule has 0 bridgehead atoms. The Morgan fingerprint density at radius 1 is 1.41 bits per heavy atom. The van der Waals surface area contributed by atoms with Gasteiger partial charge in [0.15, 0.2) is 0 Å². The van der Waals surface area contributed by atoms with Crippen molar-refractivity contribution in [2.24, 2.45) is 5.10 Å². The van der Waals surface area contributed by atoms with E-state index in [-0.39, 0.29) is 11.8 Å². The number of nitrogens with two attached hydrogens (primary N) is 1. The first kappa shape index (κ1) is 16.0. The van der Waals surface area contributed by atoms with Gasteiger partial charge in [-0.05, 0) is 31.5 Å². The van der Waals surface area contributed by atoms with Crippen LogP contribution < -0.4 is 10.5 Å². The molecule has 0 radical (unpaired) electrons. The van der Waals surface area contributed by atoms with Crippen molar-refractivity contribution in [2.45, 2.75) is 33.1 Å². The standard InChI is InChI=1S/C16H21FN4O/c1-3-4-5-8-22-15-7-6-14(17)9-13(15)10-19-21-11-12(2)20-16(21)18/h6-7,9-11H,3-5,8H2,1-2H3,(H2,18,20). The van der Waals surface area contributed by atoms with E-state index < -0.39 is 0 Å². The lowest BCUT2D eigenvalue weighted by molar-refractivity contribution is 0.305. The SMILES string of the molecule is CCCCCOc1ccc(F)cc1C=Nn1cc(C)nc1N. The van der Waals surface area contributed by atoms with E-state index in [4.69, 9.17) is 10.5 Å². The lowest BCUT2D eigenvalue weighted by atomic mass is 10.2. The second-order valence-corrected chi connectivity index (χ2v) is 5.07. The number of halogens is 1. The Hall–Kier alpha value is -2.37. The van der Waals surface area contributed by atoms with Crippen LogP contribution in [0.3, 0.4) is 0 Å². The molecule has 118 valence electrons. The highest BCUT2D eigenvalue weighted by molar-refractivity contribution is 5.83. The molecule has 0 unspecified atom stereocenters. The minimum Gasteiger partial charge on any atom is -0.493 e. The van der Waals surface area contributed by atoms with Gasteiger partial charge in [0.1, 0.15) is 11.6 Å². The summed E-state index contributed by atoms with van der Waals surface area (Å²) in [5.74, 6) is 0.560. The lowest BCUT2D eigenvalue weighted by Crippen LogP contribution is -2.02. The molecule has 0 aliphatic carbocycles. The van der Waals surface area contributed by atoms with E-state index in [1.165, 1.54) is 23.0 Å². The summed E-state index contributed by atoms with van der Waals surface area (Å²) in [7, 11) is 0. The number of nitrogen functional groups attached to an aromatic ring is 1. The van der Waals surface area contributed by atoms with E-state index in [1.807, 2.05) is 6.92 Å². The van der Waals surface area contributed by atoms with Crippen LogP contribution in [0.2, 0.25) is 0 Å². The lowest BCUT2D eigenvalue weighted by Gasteiger charge is -2.09. The first-order valence-corrected chi connectivity index (χ1v) is 7.38. The average Bonchev–Trinajstić information content (AvgIpc) is 2.81. The monoisotopic (exact) mass is 304 g/mol. The summed E-state index contributed by atoms with van der Waals surface area (Å²) in [5.41, 5.74) is 7.06. The van der Waals surface area contributed by atoms with Gasteiger partial charge in [-0.3, -0.25) is 0 Å². The molecule has 0 fully saturated rings. The molecule has 0 atom stereocenters. The first-order chi connectivity index (χ1) is 10.6. The number of aromatic nitrogens is 2. The molecule has 1 heterocycles. The number of rotatable bonds is 7. The third-order valence-electron chi connectivity index (χ3n) is 3.13. The van der Waals surface area contributed by atoms with Gasteiger partial charge >= 0.3 is 0 Å². The van der Waals surface area contributed by atoms with Gasteiger partial charge in [-0.15, -0.1) is 0 Å². The van der Waals surface area contributed by atoms with Crippen LogP contribution in [0.15, 0.2) is 29.5 Å². The fraction of sp³-hybridized carbons (Fsp3) is 0.375. The van der Waals surface area contributed by atoms with Gasteiger partial charge in [-0.2, -0.15) is 5.10 Å². The van der Waals surface area contributed by atoms with Crippen molar-refractivity contribution in [3.8, 4) is 5.75 Å². The molecule has 6 heteroatoms. The third-order valence-corrected chi connectivity index (χ3v) is 3.13. The summed E-state index contributed by atoms with van der Waals surface area (Å²) < 4.78 is 20.6. The summed E-state index contributed by atoms with van der Waals surface area (Å²) in [4.78, 5) is 4.06. The smallest absolute Gasteiger partial charge is 0.221 e. The average molecular weight is 304 g/mol. The predicted molar refractivity (Wildman–Crippen MR) is 85.8 cm³/mol. The van der Waals surface area contributed by atoms with E-state index in [1.54, 1.807) is 12.3 Å². The molecule has 22 heavy (non-hydrogen) atoms. The van der Waals surface area contributed by atoms with Crippen molar-refractivity contribution in [2.75, 3.05) is 12.3 Å². The molecule has 1 aromatic heterocycles. The molecular formula is C16H21FN4O. The number of anilines is 1. The summed E-state index contributed by atoms with van der Waals surface area (Å²) in [6.07, 6.45) is 6.43. The highest BCUT2D eigenvalue weighted by Crippen LogP contribution is 2.19. The van der Waals surface area contributed by atoms with Crippen molar-refractivity contribution in [3.63, 3.8) is 0 Å². The Labute approximate surface area is 129 Å². The number of ether oxygens (including phenoxy) is 1. The quantitative estimate of drug-likeness (QED) is 0.630. The summed E-state index contributed by atoms with van der Waals surface area (Å²) >= 11 is 0. The van der Waals surface area contributed by atoms with Crippen molar-refractivity contribution in [1.82, 2.24) is 9.66 Å². The van der Waals surface area contributed by atoms with Gasteiger partial charge < -0.3 is 10.5 Å². The van der Waals surface area contributed by atoms with E-state index in [0.717, 1.165) is 25.0 Å². The van der Waals surface area contributed by atoms with Gasteiger partial charge in [0.2, 0.25) is 5.95 Å². The van der Waals surface area contributed by atoms with E-state index >= 15 is 0 Å². The Kier molecular flexibility index (Phi) is 5.52. The summed E-state index contributed by atoms with van der Waals surface area (Å²) in [6.45, 7) is 4.56. The minimum atomic E-state index is -0.336. The fourth-order valence-corrected chi connectivity index (χ4v) is 2.01. The highest BCUT2D eigenvalue weighted by atomic mass is 19.1. The number of benzene rings is 1. The van der Waals surface area contributed by atoms with Crippen LogP contribution in [0.4, 0.5) is 10.3 Å². The fourth-order valence-electron chi connectivity index (χ4n) is 2.01. The van der Waals surface area contributed by atoms with E-state index in [0.29, 0.717) is 17.9 Å². The predicted octanol–water partition coefficient (Wildman–Crippen LogP) is 3.36. The van der Waals surface area contributed by atoms with Crippen molar-refractivity contribution in [3.05, 3.63) is 41.5 Å². The van der Waals surface area contributed by atoms with Gasteiger partial charge in [0.05, 0.1) is 24.7 Å². The molecule has 0 saturated heterocycles. The molecule has 0 aliphatic heterocycles. The third kappa shape index (κ3) is 4.31. The van der Waals surface area contributed by atoms with Crippen LogP contribution in [-0.4, -0.2) is 22.5 Å². The maximum Gasteiger partial charge on any atom is 0.221 e. The first-order valence-electron chi connectivity index (χ1n) is 7.38. The molecule has 2 N–H and O–H groups in total. The highest BCUT2D eigenvalue weighted by Gasteiger charge is 2.05. The largest absolute Gasteiger partial charge is 0.493 e. The molecular weight excluding hydrogens is 283 g/mol. The topological polar surface area (TPSA) is 65.4 Å². The Bertz CT molecular complexity index is 652. The molecule has 1 aromatic carbocycles. The van der Waals surface area contributed by atoms with Crippen LogP contribution in [0.25, 0.3) is 0 Å². The molecule has 2 aromatic rings. The van der Waals surface area contributed by atoms with E-state index in [2.05, 4.69) is 17.0 Å². The van der Waals surface area contributed by atoms with E-state index in [9.17, 15) is 4.39 Å².